The molecule has 3 N–H and O–H groups in total. The molecule has 0 aliphatic rings. The van der Waals surface area contributed by atoms with Gasteiger partial charge in [0.05, 0.1) is 18.0 Å². The molecule has 0 bridgehead atoms. The zero-order chi connectivity index (χ0) is 15.9. The van der Waals surface area contributed by atoms with E-state index in [1.54, 1.807) is 25.1 Å². The maximum absolute atomic E-state index is 11.7. The Bertz CT molecular complexity index is 671. The van der Waals surface area contributed by atoms with Crippen molar-refractivity contribution >= 4 is 23.6 Å². The Morgan fingerprint density at radius 1 is 1.00 bits per heavy atom. The fourth-order valence-corrected chi connectivity index (χ4v) is 2.07. The summed E-state index contributed by atoms with van der Waals surface area (Å²) in [5.74, 6) is 0. The van der Waals surface area contributed by atoms with Crippen molar-refractivity contribution in [1.82, 2.24) is 0 Å². The number of carbonyl (C=O) groups excluding carboxylic acids is 1. The summed E-state index contributed by atoms with van der Waals surface area (Å²) in [7, 11) is 0. The average Bonchev–Trinajstić information content (AvgIpc) is 2.48. The predicted molar refractivity (Wildman–Crippen MR) is 84.2 cm³/mol. The van der Waals surface area contributed by atoms with E-state index in [2.05, 4.69) is 10.6 Å². The van der Waals surface area contributed by atoms with Gasteiger partial charge in [-0.2, -0.15) is 0 Å². The largest absolute Gasteiger partial charge is 0.465 e. The van der Waals surface area contributed by atoms with Crippen LogP contribution in [0, 0.1) is 0 Å². The predicted octanol–water partition coefficient (Wildman–Crippen LogP) is 4.01. The first kappa shape index (κ1) is 15.4. The van der Waals surface area contributed by atoms with Gasteiger partial charge < -0.3 is 9.84 Å². The molecular weight excluding hydrogens is 284 g/mol. The quantitative estimate of drug-likeness (QED) is 0.796. The number of ether oxygens (including phenoxy) is 1. The normalized spacial score (nSPS) is 9.86. The molecule has 2 amide bonds. The first-order chi connectivity index (χ1) is 10.6. The monoisotopic (exact) mass is 300 g/mol. The van der Waals surface area contributed by atoms with Gasteiger partial charge in [-0.25, -0.2) is 9.59 Å². The van der Waals surface area contributed by atoms with Crippen molar-refractivity contribution < 1.29 is 19.4 Å². The van der Waals surface area contributed by atoms with Crippen molar-refractivity contribution in [3.63, 3.8) is 0 Å². The lowest BCUT2D eigenvalue weighted by molar-refractivity contribution is 0.168. The molecule has 0 spiro atoms. The maximum atomic E-state index is 11.7. The van der Waals surface area contributed by atoms with Crippen LogP contribution in [0.2, 0.25) is 0 Å². The summed E-state index contributed by atoms with van der Waals surface area (Å²) in [6.07, 6.45) is -1.77. The molecule has 0 saturated heterocycles. The van der Waals surface area contributed by atoms with Gasteiger partial charge in [0.25, 0.3) is 0 Å². The fourth-order valence-electron chi connectivity index (χ4n) is 2.07. The van der Waals surface area contributed by atoms with Crippen LogP contribution >= 0.6 is 0 Å². The van der Waals surface area contributed by atoms with Gasteiger partial charge in [0.1, 0.15) is 0 Å². The van der Waals surface area contributed by atoms with E-state index in [1.807, 2.05) is 30.3 Å². The first-order valence-electron chi connectivity index (χ1n) is 6.74. The van der Waals surface area contributed by atoms with E-state index in [9.17, 15) is 9.59 Å². The Hall–Kier alpha value is -3.02. The molecule has 2 aromatic rings. The van der Waals surface area contributed by atoms with Gasteiger partial charge in [0.15, 0.2) is 0 Å². The molecule has 6 nitrogen and oxygen atoms in total. The van der Waals surface area contributed by atoms with Crippen LogP contribution in [-0.4, -0.2) is 23.9 Å². The van der Waals surface area contributed by atoms with Crippen LogP contribution in [0.4, 0.5) is 21.0 Å². The molecule has 0 aromatic heterocycles. The summed E-state index contributed by atoms with van der Waals surface area (Å²) in [4.78, 5) is 22.6. The molecule has 0 unspecified atom stereocenters. The minimum atomic E-state index is -1.18. The van der Waals surface area contributed by atoms with Crippen molar-refractivity contribution in [2.75, 3.05) is 17.2 Å². The number of rotatable bonds is 4. The maximum Gasteiger partial charge on any atom is 0.411 e. The van der Waals surface area contributed by atoms with Crippen LogP contribution in [0.15, 0.2) is 48.5 Å². The highest BCUT2D eigenvalue weighted by Gasteiger charge is 2.14. The number of nitrogens with one attached hydrogen (secondary N) is 2. The van der Waals surface area contributed by atoms with E-state index in [0.29, 0.717) is 16.9 Å². The molecule has 22 heavy (non-hydrogen) atoms. The topological polar surface area (TPSA) is 87.7 Å². The number of hydrogen-bond acceptors (Lipinski definition) is 3. The Labute approximate surface area is 127 Å². The molecule has 0 atom stereocenters. The van der Waals surface area contributed by atoms with Gasteiger partial charge >= 0.3 is 12.2 Å². The number of amides is 2. The summed E-state index contributed by atoms with van der Waals surface area (Å²) in [6, 6.07) is 14.2. The highest BCUT2D eigenvalue weighted by atomic mass is 16.5. The fraction of sp³-hybridized carbons (Fsp3) is 0.125. The standard InChI is InChI=1S/C16H16N2O4/c1-2-22-16(21)18-13-10-6-9-12(17-15(19)20)14(13)11-7-4-3-5-8-11/h3-10,17H,2H2,1H3,(H,18,21)(H,19,20). The van der Waals surface area contributed by atoms with Crippen LogP contribution in [0.25, 0.3) is 11.1 Å². The van der Waals surface area contributed by atoms with Crippen LogP contribution in [0.1, 0.15) is 6.92 Å². The van der Waals surface area contributed by atoms with Gasteiger partial charge in [0, 0.05) is 5.56 Å². The molecule has 0 heterocycles. The molecule has 0 radical (unpaired) electrons. The summed E-state index contributed by atoms with van der Waals surface area (Å²) in [5, 5.41) is 13.9. The number of benzene rings is 2. The van der Waals surface area contributed by atoms with Crippen molar-refractivity contribution in [1.29, 1.82) is 0 Å². The summed E-state index contributed by atoms with van der Waals surface area (Å²) < 4.78 is 4.87. The van der Waals surface area contributed by atoms with E-state index in [-0.39, 0.29) is 6.61 Å². The van der Waals surface area contributed by atoms with Crippen LogP contribution < -0.4 is 10.6 Å². The SMILES string of the molecule is CCOC(=O)Nc1cccc(NC(=O)O)c1-c1ccccc1. The third-order valence-electron chi connectivity index (χ3n) is 2.88. The lowest BCUT2D eigenvalue weighted by atomic mass is 10.0. The average molecular weight is 300 g/mol. The lowest BCUT2D eigenvalue weighted by Crippen LogP contribution is -2.15. The molecule has 2 rings (SSSR count). The highest BCUT2D eigenvalue weighted by molar-refractivity contribution is 5.99. The summed E-state index contributed by atoms with van der Waals surface area (Å²) >= 11 is 0. The van der Waals surface area contributed by atoms with Crippen LogP contribution in [0.5, 0.6) is 0 Å². The second-order valence-corrected chi connectivity index (χ2v) is 4.37. The molecule has 6 heteroatoms. The van der Waals surface area contributed by atoms with Gasteiger partial charge in [0.2, 0.25) is 0 Å². The van der Waals surface area contributed by atoms with Crippen LogP contribution in [0.3, 0.4) is 0 Å². The molecule has 0 aliphatic heterocycles. The van der Waals surface area contributed by atoms with Crippen molar-refractivity contribution in [3.8, 4) is 11.1 Å². The van der Waals surface area contributed by atoms with Crippen molar-refractivity contribution in [2.45, 2.75) is 6.92 Å². The third-order valence-corrected chi connectivity index (χ3v) is 2.88. The zero-order valence-corrected chi connectivity index (χ0v) is 12.0. The van der Waals surface area contributed by atoms with E-state index in [0.717, 1.165) is 5.56 Å². The van der Waals surface area contributed by atoms with Crippen molar-refractivity contribution in [3.05, 3.63) is 48.5 Å². The lowest BCUT2D eigenvalue weighted by Gasteiger charge is -2.15. The molecule has 0 saturated carbocycles. The minimum absolute atomic E-state index is 0.250. The summed E-state index contributed by atoms with van der Waals surface area (Å²) in [6.45, 7) is 1.96. The van der Waals surface area contributed by atoms with Gasteiger partial charge in [-0.1, -0.05) is 36.4 Å². The molecular formula is C16H16N2O4. The molecule has 2 aromatic carbocycles. The highest BCUT2D eigenvalue weighted by Crippen LogP contribution is 2.35. The number of hydrogen-bond donors (Lipinski definition) is 3. The Morgan fingerprint density at radius 2 is 1.64 bits per heavy atom. The number of carbonyl (C=O) groups is 2. The minimum Gasteiger partial charge on any atom is -0.465 e. The van der Waals surface area contributed by atoms with Gasteiger partial charge in [-0.3, -0.25) is 10.6 Å². The Morgan fingerprint density at radius 3 is 2.23 bits per heavy atom. The van der Waals surface area contributed by atoms with E-state index < -0.39 is 12.2 Å². The Kier molecular flexibility index (Phi) is 4.98. The second-order valence-electron chi connectivity index (χ2n) is 4.37. The molecule has 0 aliphatic carbocycles. The number of carboxylic acid groups (broad SMARTS) is 1. The van der Waals surface area contributed by atoms with Crippen molar-refractivity contribution in [2.24, 2.45) is 0 Å². The van der Waals surface area contributed by atoms with Crippen LogP contribution in [-0.2, 0) is 4.74 Å². The number of anilines is 2. The Balaban J connectivity index is 2.48. The second kappa shape index (κ2) is 7.12. The summed E-state index contributed by atoms with van der Waals surface area (Å²) in [5.41, 5.74) is 2.21. The third kappa shape index (κ3) is 3.76. The molecule has 0 fully saturated rings. The van der Waals surface area contributed by atoms with Gasteiger partial charge in [-0.05, 0) is 24.6 Å². The molecule has 114 valence electrons. The van der Waals surface area contributed by atoms with E-state index in [4.69, 9.17) is 9.84 Å². The van der Waals surface area contributed by atoms with Gasteiger partial charge in [-0.15, -0.1) is 0 Å². The first-order valence-corrected chi connectivity index (χ1v) is 6.74. The zero-order valence-electron chi connectivity index (χ0n) is 12.0. The smallest absolute Gasteiger partial charge is 0.411 e. The van der Waals surface area contributed by atoms with E-state index in [1.165, 1.54) is 0 Å². The van der Waals surface area contributed by atoms with E-state index >= 15 is 0 Å².